The second-order valence-corrected chi connectivity index (χ2v) is 5.63. The Hall–Kier alpha value is -1.79. The topological polar surface area (TPSA) is 75.8 Å². The van der Waals surface area contributed by atoms with Crippen LogP contribution >= 0.6 is 23.4 Å². The van der Waals surface area contributed by atoms with Gasteiger partial charge < -0.3 is 10.6 Å². The first-order chi connectivity index (χ1) is 9.63. The van der Waals surface area contributed by atoms with Crippen molar-refractivity contribution in [1.29, 1.82) is 0 Å². The van der Waals surface area contributed by atoms with Crippen LogP contribution in [0.2, 0.25) is 0 Å². The van der Waals surface area contributed by atoms with E-state index in [1.165, 1.54) is 0 Å². The summed E-state index contributed by atoms with van der Waals surface area (Å²) < 4.78 is 0. The molecule has 1 aromatic rings. The van der Waals surface area contributed by atoms with Gasteiger partial charge in [-0.15, -0.1) is 11.6 Å². The van der Waals surface area contributed by atoms with Crippen molar-refractivity contribution in [1.82, 2.24) is 0 Å². The molecule has 2 heterocycles. The van der Waals surface area contributed by atoms with E-state index in [0.717, 1.165) is 23.0 Å². The van der Waals surface area contributed by atoms with Crippen LogP contribution in [0, 0.1) is 0 Å². The lowest BCUT2D eigenvalue weighted by Gasteiger charge is -2.14. The maximum Gasteiger partial charge on any atom is 0.287 e. The third kappa shape index (κ3) is 1.92. The van der Waals surface area contributed by atoms with E-state index in [0.29, 0.717) is 18.0 Å². The molecule has 0 fully saturated rings. The van der Waals surface area contributed by atoms with Crippen LogP contribution in [-0.4, -0.2) is 29.4 Å². The zero-order valence-corrected chi connectivity index (χ0v) is 11.9. The minimum atomic E-state index is -0.460. The predicted octanol–water partition coefficient (Wildman–Crippen LogP) is 1.57. The highest BCUT2D eigenvalue weighted by Crippen LogP contribution is 2.42. The summed E-state index contributed by atoms with van der Waals surface area (Å²) in [6.45, 7) is 0.392. The number of thioether (sulfide) groups is 1. The van der Waals surface area contributed by atoms with Crippen LogP contribution in [-0.2, 0) is 9.59 Å². The molecule has 5 nitrogen and oxygen atoms in total. The van der Waals surface area contributed by atoms with Crippen molar-refractivity contribution in [3.05, 3.63) is 34.7 Å². The lowest BCUT2D eigenvalue weighted by molar-refractivity contribution is -0.115. The number of anilines is 1. The Morgan fingerprint density at radius 1 is 1.30 bits per heavy atom. The predicted molar refractivity (Wildman–Crippen MR) is 80.7 cm³/mol. The monoisotopic (exact) mass is 307 g/mol. The van der Waals surface area contributed by atoms with E-state index in [4.69, 9.17) is 17.3 Å². The molecule has 0 spiro atoms. The first-order valence-corrected chi connectivity index (χ1v) is 7.26. The number of alkyl halides is 1. The molecule has 0 saturated heterocycles. The van der Waals surface area contributed by atoms with E-state index in [2.05, 4.69) is 4.99 Å². The highest BCUT2D eigenvalue weighted by atomic mass is 35.5. The summed E-state index contributed by atoms with van der Waals surface area (Å²) in [4.78, 5) is 29.9. The number of nitrogens with two attached hydrogens (primary N) is 1. The maximum absolute atomic E-state index is 12.5. The molecule has 3 rings (SSSR count). The normalized spacial score (nSPS) is 21.4. The molecule has 102 valence electrons. The number of aliphatic imine (C=N–C) groups is 1. The van der Waals surface area contributed by atoms with E-state index in [-0.39, 0.29) is 16.0 Å². The van der Waals surface area contributed by atoms with Gasteiger partial charge in [-0.2, -0.15) is 4.99 Å². The van der Waals surface area contributed by atoms with Crippen molar-refractivity contribution < 1.29 is 9.59 Å². The van der Waals surface area contributed by atoms with E-state index in [9.17, 15) is 9.59 Å². The Kier molecular flexibility index (Phi) is 3.27. The molecule has 2 aliphatic heterocycles. The average molecular weight is 308 g/mol. The third-order valence-corrected chi connectivity index (χ3v) is 4.12. The number of carbonyl (C=O) groups is 2. The summed E-state index contributed by atoms with van der Waals surface area (Å²) in [5.74, 6) is -0.367. The van der Waals surface area contributed by atoms with E-state index in [1.807, 2.05) is 24.3 Å². The zero-order chi connectivity index (χ0) is 14.3. The van der Waals surface area contributed by atoms with Gasteiger partial charge in [0, 0.05) is 18.0 Å². The number of nitrogens with zero attached hydrogens (tertiary/aromatic N) is 2. The van der Waals surface area contributed by atoms with Gasteiger partial charge in [0.25, 0.3) is 11.8 Å². The molecule has 2 aliphatic rings. The van der Waals surface area contributed by atoms with Gasteiger partial charge in [0.05, 0.1) is 16.2 Å². The molecule has 7 heteroatoms. The highest BCUT2D eigenvalue weighted by Gasteiger charge is 2.37. The van der Waals surface area contributed by atoms with Gasteiger partial charge in [0.1, 0.15) is 0 Å². The molecule has 0 saturated carbocycles. The summed E-state index contributed by atoms with van der Waals surface area (Å²) >= 11 is 6.78. The number of hydrogen-bond acceptors (Lipinski definition) is 4. The van der Waals surface area contributed by atoms with Crippen molar-refractivity contribution in [3.63, 3.8) is 0 Å². The Balaban J connectivity index is 2.17. The number of carbonyl (C=O) groups excluding carboxylic acids is 2. The van der Waals surface area contributed by atoms with Crippen LogP contribution in [0.25, 0.3) is 5.57 Å². The molecule has 1 aromatic carbocycles. The molecule has 0 aliphatic carbocycles. The van der Waals surface area contributed by atoms with E-state index in [1.54, 1.807) is 4.90 Å². The van der Waals surface area contributed by atoms with Crippen molar-refractivity contribution in [2.24, 2.45) is 10.7 Å². The van der Waals surface area contributed by atoms with Crippen molar-refractivity contribution in [2.45, 2.75) is 0 Å². The van der Waals surface area contributed by atoms with Gasteiger partial charge in [-0.25, -0.2) is 0 Å². The number of benzene rings is 1. The maximum atomic E-state index is 12.5. The first kappa shape index (κ1) is 13.2. The number of amidine groups is 1. The largest absolute Gasteiger partial charge is 0.378 e. The van der Waals surface area contributed by atoms with Gasteiger partial charge in [0.15, 0.2) is 5.17 Å². The molecule has 0 bridgehead atoms. The molecule has 0 aromatic heterocycles. The van der Waals surface area contributed by atoms with Crippen molar-refractivity contribution in [2.75, 3.05) is 17.3 Å². The highest BCUT2D eigenvalue weighted by molar-refractivity contribution is 8.18. The lowest BCUT2D eigenvalue weighted by atomic mass is 10.1. The van der Waals surface area contributed by atoms with Crippen LogP contribution < -0.4 is 10.6 Å². The first-order valence-electron chi connectivity index (χ1n) is 5.91. The molecule has 20 heavy (non-hydrogen) atoms. The lowest BCUT2D eigenvalue weighted by Crippen LogP contribution is -2.28. The molecular weight excluding hydrogens is 298 g/mol. The Bertz CT molecular complexity index is 684. The van der Waals surface area contributed by atoms with Gasteiger partial charge >= 0.3 is 0 Å². The molecule has 0 unspecified atom stereocenters. The third-order valence-electron chi connectivity index (χ3n) is 3.07. The van der Waals surface area contributed by atoms with Crippen LogP contribution in [0.4, 0.5) is 5.69 Å². The number of para-hydroxylation sites is 1. The van der Waals surface area contributed by atoms with Gasteiger partial charge in [0.2, 0.25) is 0 Å². The van der Waals surface area contributed by atoms with Crippen LogP contribution in [0.1, 0.15) is 5.56 Å². The number of amides is 2. The van der Waals surface area contributed by atoms with Crippen molar-refractivity contribution in [3.8, 4) is 0 Å². The summed E-state index contributed by atoms with van der Waals surface area (Å²) in [5, 5.41) is 0.165. The second kappa shape index (κ2) is 4.96. The minimum Gasteiger partial charge on any atom is -0.378 e. The number of rotatable bonds is 2. The van der Waals surface area contributed by atoms with Gasteiger partial charge in [-0.3, -0.25) is 9.59 Å². The fourth-order valence-electron chi connectivity index (χ4n) is 2.29. The molecule has 0 radical (unpaired) electrons. The van der Waals surface area contributed by atoms with E-state index >= 15 is 0 Å². The van der Waals surface area contributed by atoms with Crippen molar-refractivity contribution >= 4 is 51.6 Å². The summed E-state index contributed by atoms with van der Waals surface area (Å²) in [7, 11) is 0. The Morgan fingerprint density at radius 3 is 2.70 bits per heavy atom. The fraction of sp³-hybridized carbons (Fsp3) is 0.154. The van der Waals surface area contributed by atoms with Crippen LogP contribution in [0.5, 0.6) is 0 Å². The zero-order valence-electron chi connectivity index (χ0n) is 10.3. The SMILES string of the molecule is NC1=NC(=O)/C(=C2\C(=O)N(CCCl)c3ccccc32)S1. The quantitative estimate of drug-likeness (QED) is 0.665. The molecule has 0 atom stereocenters. The summed E-state index contributed by atoms with van der Waals surface area (Å²) in [6, 6.07) is 7.31. The average Bonchev–Trinajstić information content (AvgIpc) is 2.88. The molecule has 2 N–H and O–H groups in total. The van der Waals surface area contributed by atoms with Gasteiger partial charge in [-0.05, 0) is 17.8 Å². The van der Waals surface area contributed by atoms with Crippen LogP contribution in [0.3, 0.4) is 0 Å². The van der Waals surface area contributed by atoms with Crippen LogP contribution in [0.15, 0.2) is 34.2 Å². The number of fused-ring (bicyclic) bond motifs is 1. The Morgan fingerprint density at radius 2 is 2.05 bits per heavy atom. The number of halogens is 1. The number of hydrogen-bond donors (Lipinski definition) is 1. The minimum absolute atomic E-state index is 0.165. The summed E-state index contributed by atoms with van der Waals surface area (Å²) in [6.07, 6.45) is 0. The second-order valence-electron chi connectivity index (χ2n) is 4.22. The summed E-state index contributed by atoms with van der Waals surface area (Å²) in [5.41, 5.74) is 7.41. The molecule has 2 amide bonds. The smallest absolute Gasteiger partial charge is 0.287 e. The van der Waals surface area contributed by atoms with Gasteiger partial charge in [-0.1, -0.05) is 18.2 Å². The Labute approximate surface area is 124 Å². The standard InChI is InChI=1S/C13H10ClN3O2S/c14-5-6-17-8-4-2-1-3-7(8)9(12(17)19)10-11(18)16-13(15)20-10/h1-4H,5-6H2,(H2,15,16,18)/b10-9+. The van der Waals surface area contributed by atoms with E-state index < -0.39 is 5.91 Å². The molecular formula is C13H10ClN3O2S. The fourth-order valence-corrected chi connectivity index (χ4v) is 3.22.